The third-order valence-electron chi connectivity index (χ3n) is 2.00. The van der Waals surface area contributed by atoms with Gasteiger partial charge in [0.25, 0.3) is 5.91 Å². The molecule has 1 amide bonds. The Kier molecular flexibility index (Phi) is 4.03. The van der Waals surface area contributed by atoms with Crippen LogP contribution in [0.25, 0.3) is 0 Å². The van der Waals surface area contributed by atoms with Crippen LogP contribution < -0.4 is 0 Å². The Bertz CT molecular complexity index is 382. The van der Waals surface area contributed by atoms with Gasteiger partial charge in [-0.2, -0.15) is 4.99 Å². The molecular weight excluding hydrogens is 256 g/mol. The van der Waals surface area contributed by atoms with Gasteiger partial charge in [0.2, 0.25) is 0 Å². The van der Waals surface area contributed by atoms with Gasteiger partial charge in [-0.15, -0.1) is 0 Å². The van der Waals surface area contributed by atoms with Crippen molar-refractivity contribution in [2.75, 3.05) is 14.1 Å². The summed E-state index contributed by atoms with van der Waals surface area (Å²) in [7, 11) is 3.71. The quantitative estimate of drug-likeness (QED) is 0.579. The summed E-state index contributed by atoms with van der Waals surface area (Å²) >= 11 is 3.31. The Hall–Kier alpha value is -1.16. The van der Waals surface area contributed by atoms with E-state index in [0.29, 0.717) is 11.4 Å². The van der Waals surface area contributed by atoms with E-state index >= 15 is 0 Å². The number of hydrogen-bond acceptors (Lipinski definition) is 1. The number of carbonyl (C=O) groups excluding carboxylic acids is 1. The van der Waals surface area contributed by atoms with E-state index in [2.05, 4.69) is 20.9 Å². The number of carbonyl (C=O) groups is 1. The largest absolute Gasteiger partial charge is 0.366 e. The fourth-order valence-electron chi connectivity index (χ4n) is 0.904. The summed E-state index contributed by atoms with van der Waals surface area (Å²) in [4.78, 5) is 17.4. The molecule has 1 rings (SSSR count). The number of aliphatic imine (C=N–C) groups is 1. The van der Waals surface area contributed by atoms with Crippen LogP contribution in [0.15, 0.2) is 33.7 Å². The Morgan fingerprint density at radius 1 is 1.27 bits per heavy atom. The minimum absolute atomic E-state index is 0.214. The van der Waals surface area contributed by atoms with Crippen LogP contribution in [0.1, 0.15) is 17.3 Å². The lowest BCUT2D eigenvalue weighted by atomic mass is 10.2. The molecule has 0 aliphatic carbocycles. The summed E-state index contributed by atoms with van der Waals surface area (Å²) in [5, 5.41) is 0. The van der Waals surface area contributed by atoms with Crippen LogP contribution in [-0.4, -0.2) is 30.7 Å². The normalized spacial score (nSPS) is 11.3. The molecule has 0 atom stereocenters. The molecule has 0 spiro atoms. The van der Waals surface area contributed by atoms with E-state index in [4.69, 9.17) is 0 Å². The molecule has 15 heavy (non-hydrogen) atoms. The second-order valence-corrected chi connectivity index (χ2v) is 4.28. The first-order valence-electron chi connectivity index (χ1n) is 4.53. The topological polar surface area (TPSA) is 32.7 Å². The zero-order valence-electron chi connectivity index (χ0n) is 8.99. The Labute approximate surface area is 97.9 Å². The highest BCUT2D eigenvalue weighted by molar-refractivity contribution is 9.10. The Balaban J connectivity index is 2.86. The molecule has 0 fully saturated rings. The van der Waals surface area contributed by atoms with Crippen molar-refractivity contribution in [2.45, 2.75) is 6.92 Å². The van der Waals surface area contributed by atoms with Gasteiger partial charge in [0.15, 0.2) is 0 Å². The predicted octanol–water partition coefficient (Wildman–Crippen LogP) is 2.57. The minimum Gasteiger partial charge on any atom is -0.366 e. The van der Waals surface area contributed by atoms with E-state index in [0.717, 1.165) is 4.47 Å². The van der Waals surface area contributed by atoms with Crippen LogP contribution >= 0.6 is 15.9 Å². The monoisotopic (exact) mass is 268 g/mol. The maximum Gasteiger partial charge on any atom is 0.278 e. The second kappa shape index (κ2) is 5.07. The fourth-order valence-corrected chi connectivity index (χ4v) is 1.17. The lowest BCUT2D eigenvalue weighted by Gasteiger charge is -2.10. The van der Waals surface area contributed by atoms with Crippen molar-refractivity contribution >= 4 is 27.7 Å². The van der Waals surface area contributed by atoms with Crippen LogP contribution in [0.4, 0.5) is 0 Å². The van der Waals surface area contributed by atoms with Crippen LogP contribution in [-0.2, 0) is 0 Å². The summed E-state index contributed by atoms with van der Waals surface area (Å²) in [5.41, 5.74) is 0.597. The highest BCUT2D eigenvalue weighted by Crippen LogP contribution is 2.11. The average Bonchev–Trinajstić information content (AvgIpc) is 2.18. The van der Waals surface area contributed by atoms with Crippen molar-refractivity contribution in [3.63, 3.8) is 0 Å². The van der Waals surface area contributed by atoms with E-state index in [1.165, 1.54) is 0 Å². The van der Waals surface area contributed by atoms with Gasteiger partial charge in [-0.05, 0) is 31.2 Å². The highest BCUT2D eigenvalue weighted by atomic mass is 79.9. The first-order valence-corrected chi connectivity index (χ1v) is 5.32. The fraction of sp³-hybridized carbons (Fsp3) is 0.273. The zero-order chi connectivity index (χ0) is 11.4. The molecule has 80 valence electrons. The van der Waals surface area contributed by atoms with Crippen molar-refractivity contribution < 1.29 is 4.79 Å². The average molecular weight is 269 g/mol. The van der Waals surface area contributed by atoms with Gasteiger partial charge in [0, 0.05) is 24.1 Å². The van der Waals surface area contributed by atoms with Gasteiger partial charge in [-0.25, -0.2) is 0 Å². The molecule has 1 aromatic rings. The molecule has 0 aromatic heterocycles. The molecule has 3 nitrogen and oxygen atoms in total. The highest BCUT2D eigenvalue weighted by Gasteiger charge is 2.04. The maximum atomic E-state index is 11.6. The van der Waals surface area contributed by atoms with Crippen LogP contribution in [0.5, 0.6) is 0 Å². The Morgan fingerprint density at radius 2 is 1.80 bits per heavy atom. The maximum absolute atomic E-state index is 11.6. The van der Waals surface area contributed by atoms with E-state index < -0.39 is 0 Å². The van der Waals surface area contributed by atoms with E-state index in [-0.39, 0.29) is 5.91 Å². The summed E-state index contributed by atoms with van der Waals surface area (Å²) in [6, 6.07) is 7.15. The summed E-state index contributed by atoms with van der Waals surface area (Å²) in [6.07, 6.45) is 0. The van der Waals surface area contributed by atoms with Crippen LogP contribution in [0, 0.1) is 0 Å². The van der Waals surface area contributed by atoms with Crippen LogP contribution in [0.3, 0.4) is 0 Å². The van der Waals surface area contributed by atoms with E-state index in [1.807, 2.05) is 26.2 Å². The smallest absolute Gasteiger partial charge is 0.278 e. The lowest BCUT2D eigenvalue weighted by molar-refractivity contribution is 0.100. The van der Waals surface area contributed by atoms with Crippen molar-refractivity contribution in [3.05, 3.63) is 34.3 Å². The first-order chi connectivity index (χ1) is 7.00. The molecule has 0 heterocycles. The molecule has 0 N–H and O–H groups in total. The number of nitrogens with zero attached hydrogens (tertiary/aromatic N) is 2. The SMILES string of the molecule is CC(=NC(=O)c1ccc(Br)cc1)N(C)C. The van der Waals surface area contributed by atoms with Gasteiger partial charge in [-0.3, -0.25) is 4.79 Å². The van der Waals surface area contributed by atoms with Gasteiger partial charge in [0.1, 0.15) is 5.84 Å². The lowest BCUT2D eigenvalue weighted by Crippen LogP contribution is -2.19. The molecular formula is C11H13BrN2O. The molecule has 0 aliphatic heterocycles. The van der Waals surface area contributed by atoms with E-state index in [9.17, 15) is 4.79 Å². The van der Waals surface area contributed by atoms with E-state index in [1.54, 1.807) is 24.0 Å². The third-order valence-corrected chi connectivity index (χ3v) is 2.53. The molecule has 1 aromatic carbocycles. The standard InChI is InChI=1S/C11H13BrN2O/c1-8(14(2)3)13-11(15)9-4-6-10(12)7-5-9/h4-7H,1-3H3. The first kappa shape index (κ1) is 11.9. The number of rotatable bonds is 1. The van der Waals surface area contributed by atoms with Crippen LogP contribution in [0.2, 0.25) is 0 Å². The molecule has 0 saturated heterocycles. The van der Waals surface area contributed by atoms with Gasteiger partial charge >= 0.3 is 0 Å². The van der Waals surface area contributed by atoms with Gasteiger partial charge in [-0.1, -0.05) is 15.9 Å². The van der Waals surface area contributed by atoms with Gasteiger partial charge < -0.3 is 4.90 Å². The van der Waals surface area contributed by atoms with Crippen molar-refractivity contribution in [3.8, 4) is 0 Å². The number of amides is 1. The van der Waals surface area contributed by atoms with Crippen molar-refractivity contribution in [1.82, 2.24) is 4.90 Å². The molecule has 0 bridgehead atoms. The van der Waals surface area contributed by atoms with Crippen molar-refractivity contribution in [1.29, 1.82) is 0 Å². The molecule has 0 unspecified atom stereocenters. The van der Waals surface area contributed by atoms with Crippen molar-refractivity contribution in [2.24, 2.45) is 4.99 Å². The number of hydrogen-bond donors (Lipinski definition) is 0. The zero-order valence-corrected chi connectivity index (χ0v) is 10.6. The summed E-state index contributed by atoms with van der Waals surface area (Å²) < 4.78 is 0.951. The summed E-state index contributed by atoms with van der Waals surface area (Å²) in [5.74, 6) is 0.483. The minimum atomic E-state index is -0.214. The number of amidine groups is 1. The predicted molar refractivity (Wildman–Crippen MR) is 65.3 cm³/mol. The summed E-state index contributed by atoms with van der Waals surface area (Å²) in [6.45, 7) is 1.80. The number of benzene rings is 1. The second-order valence-electron chi connectivity index (χ2n) is 3.37. The molecule has 0 aliphatic rings. The number of halogens is 1. The molecule has 4 heteroatoms. The molecule has 0 saturated carbocycles. The van der Waals surface area contributed by atoms with Gasteiger partial charge in [0.05, 0.1) is 0 Å². The third kappa shape index (κ3) is 3.47. The Morgan fingerprint density at radius 3 is 2.27 bits per heavy atom. The molecule has 0 radical (unpaired) electrons.